The van der Waals surface area contributed by atoms with Crippen molar-refractivity contribution in [3.8, 4) is 39.9 Å². The topological polar surface area (TPSA) is 69.7 Å². The van der Waals surface area contributed by atoms with Crippen LogP contribution in [0.15, 0.2) is 115 Å². The Morgan fingerprint density at radius 3 is 1.94 bits per heavy atom. The molecule has 8 nitrogen and oxygen atoms in total. The highest BCUT2D eigenvalue weighted by atomic mass is 19.4. The summed E-state index contributed by atoms with van der Waals surface area (Å²) in [4.78, 5) is 16.9. The molecule has 0 saturated carbocycles. The first-order valence-electron chi connectivity index (χ1n) is 21.4. The second-order valence-electron chi connectivity index (χ2n) is 16.5. The summed E-state index contributed by atoms with van der Waals surface area (Å²) < 4.78 is 94.3. The van der Waals surface area contributed by atoms with Crippen LogP contribution in [0.25, 0.3) is 28.0 Å². The molecule has 1 saturated heterocycles. The smallest absolute Gasteiger partial charge is 0.431 e. The second-order valence-corrected chi connectivity index (χ2v) is 16.5. The molecule has 6 aromatic rings. The summed E-state index contributed by atoms with van der Waals surface area (Å²) in [5.74, 6) is 1.83. The van der Waals surface area contributed by atoms with E-state index in [0.717, 1.165) is 18.5 Å². The number of methoxy groups -OCH3 is 3. The van der Waals surface area contributed by atoms with E-state index in [1.165, 1.54) is 12.1 Å². The van der Waals surface area contributed by atoms with Gasteiger partial charge in [0.15, 0.2) is 5.60 Å². The summed E-state index contributed by atoms with van der Waals surface area (Å²) in [6.07, 6.45) is -0.399. The van der Waals surface area contributed by atoms with E-state index in [0.29, 0.717) is 76.8 Å². The summed E-state index contributed by atoms with van der Waals surface area (Å²) in [6, 6.07) is 31.5. The fourth-order valence-electron chi connectivity index (χ4n) is 9.49. The Labute approximate surface area is 369 Å². The van der Waals surface area contributed by atoms with Gasteiger partial charge in [0.1, 0.15) is 28.7 Å². The molecule has 2 unspecified atom stereocenters. The van der Waals surface area contributed by atoms with Crippen molar-refractivity contribution < 1.29 is 46.0 Å². The lowest BCUT2D eigenvalue weighted by Gasteiger charge is -2.39. The van der Waals surface area contributed by atoms with Crippen LogP contribution in [0, 0.1) is 5.92 Å². The summed E-state index contributed by atoms with van der Waals surface area (Å²) >= 11 is 0. The maximum absolute atomic E-state index is 17.8. The van der Waals surface area contributed by atoms with E-state index in [1.54, 1.807) is 88.1 Å². The molecule has 0 bridgehead atoms. The number of rotatable bonds is 11. The van der Waals surface area contributed by atoms with Crippen LogP contribution in [0.4, 0.5) is 28.9 Å². The zero-order valence-corrected chi connectivity index (χ0v) is 36.2. The molecule has 2 heterocycles. The van der Waals surface area contributed by atoms with Gasteiger partial charge < -0.3 is 33.5 Å². The predicted molar refractivity (Wildman–Crippen MR) is 241 cm³/mol. The number of hydrogen-bond acceptors (Lipinski definition) is 8. The molecular weight excluding hydrogens is 825 g/mol. The maximum atomic E-state index is 17.8. The molecule has 2 atom stereocenters. The summed E-state index contributed by atoms with van der Waals surface area (Å²) in [7, 11) is 4.68. The molecule has 64 heavy (non-hydrogen) atoms. The zero-order valence-electron chi connectivity index (χ0n) is 36.2. The molecule has 9 rings (SSSR count). The average Bonchev–Trinajstić information content (AvgIpc) is 3.61. The van der Waals surface area contributed by atoms with E-state index in [-0.39, 0.29) is 34.3 Å². The first kappa shape index (κ1) is 42.6. The van der Waals surface area contributed by atoms with Crippen molar-refractivity contribution in [2.24, 2.45) is 5.92 Å². The minimum Gasteiger partial charge on any atom is -0.497 e. The van der Waals surface area contributed by atoms with E-state index in [2.05, 4.69) is 9.80 Å². The van der Waals surface area contributed by atoms with Crippen molar-refractivity contribution in [3.05, 3.63) is 143 Å². The number of alkyl halides is 4. The van der Waals surface area contributed by atoms with Crippen LogP contribution in [0.2, 0.25) is 0 Å². The molecule has 3 aliphatic rings. The van der Waals surface area contributed by atoms with Crippen LogP contribution in [0.5, 0.6) is 28.7 Å². The van der Waals surface area contributed by atoms with Crippen LogP contribution < -0.4 is 33.5 Å². The minimum absolute atomic E-state index is 0.00385. The van der Waals surface area contributed by atoms with E-state index in [1.807, 2.05) is 56.3 Å². The van der Waals surface area contributed by atoms with Crippen molar-refractivity contribution in [1.82, 2.24) is 0 Å². The number of piperazine rings is 1. The monoisotopic (exact) mass is 872 g/mol. The lowest BCUT2D eigenvalue weighted by Crippen LogP contribution is -2.46. The zero-order chi connectivity index (χ0) is 45.0. The van der Waals surface area contributed by atoms with Crippen molar-refractivity contribution >= 4 is 34.2 Å². The quantitative estimate of drug-likeness (QED) is 0.0724. The van der Waals surface area contributed by atoms with Gasteiger partial charge >= 0.3 is 12.1 Å². The number of carbonyl (C=O) groups excluding carboxylic acids is 1. The Hall–Kier alpha value is -6.69. The number of benzene rings is 6. The first-order valence-corrected chi connectivity index (χ1v) is 21.4. The predicted octanol–water partition coefficient (Wildman–Crippen LogP) is 11.6. The number of fused-ring (bicyclic) bond motifs is 8. The third kappa shape index (κ3) is 6.94. The molecule has 0 N–H and O–H groups in total. The maximum Gasteiger partial charge on any atom is 0.431 e. The van der Waals surface area contributed by atoms with Gasteiger partial charge in [-0.25, -0.2) is 4.39 Å². The average molecular weight is 873 g/mol. The van der Waals surface area contributed by atoms with Crippen molar-refractivity contribution in [2.45, 2.75) is 44.1 Å². The molecule has 1 fully saturated rings. The SMILES string of the molecule is CCCC(C)C(=O)Oc1ccc(N2CCN(c3cc4c5c(c6c(c4cc3OC)OC(c3ccc(OC)cc3)(c3ccc(OC)cc3)C=C6)C(F)(C(F)(F)F)c3ccccc3-5)CC2)cc1. The van der Waals surface area contributed by atoms with Crippen LogP contribution in [-0.2, 0) is 16.1 Å². The molecule has 0 radical (unpaired) electrons. The first-order chi connectivity index (χ1) is 30.8. The largest absolute Gasteiger partial charge is 0.497 e. The number of ether oxygens (including phenoxy) is 5. The molecule has 2 aliphatic heterocycles. The van der Waals surface area contributed by atoms with Gasteiger partial charge in [-0.1, -0.05) is 74.9 Å². The van der Waals surface area contributed by atoms with Crippen LogP contribution >= 0.6 is 0 Å². The number of carbonyl (C=O) groups is 1. The Morgan fingerprint density at radius 1 is 0.766 bits per heavy atom. The number of anilines is 2. The normalized spacial score (nSPS) is 17.8. The molecule has 0 aromatic heterocycles. The van der Waals surface area contributed by atoms with Gasteiger partial charge in [-0.15, -0.1) is 0 Å². The van der Waals surface area contributed by atoms with Gasteiger partial charge in [0.25, 0.3) is 5.67 Å². The van der Waals surface area contributed by atoms with Gasteiger partial charge in [-0.3, -0.25) is 4.79 Å². The van der Waals surface area contributed by atoms with Crippen LogP contribution in [-0.4, -0.2) is 59.7 Å². The summed E-state index contributed by atoms with van der Waals surface area (Å²) in [5, 5.41) is 0.866. The third-order valence-corrected chi connectivity index (χ3v) is 12.8. The Balaban J connectivity index is 1.17. The van der Waals surface area contributed by atoms with Crippen LogP contribution in [0.1, 0.15) is 54.5 Å². The van der Waals surface area contributed by atoms with Gasteiger partial charge in [0.05, 0.1) is 32.9 Å². The van der Waals surface area contributed by atoms with E-state index >= 15 is 17.6 Å². The molecular formula is C52H48F4N2O6. The molecule has 12 heteroatoms. The standard InChI is InChI=1S/C52H48F4N2O6/c1-6-9-32(2)49(59)63-38-22-16-35(17-23-38)57-26-28-58(29-27-57)44-30-41-42(31-45(44)62-5)48-40(47-46(41)39-10-7-8-11-43(39)51(47,53)52(54,55)56)24-25-50(64-48,33-12-18-36(60-3)19-13-33)34-14-20-37(61-4)21-15-34/h7-8,10-25,30-32H,6,9,26-29H2,1-5H3. The summed E-state index contributed by atoms with van der Waals surface area (Å²) in [6.45, 7) is 6.21. The molecule has 6 aromatic carbocycles. The Morgan fingerprint density at radius 2 is 1.36 bits per heavy atom. The number of esters is 1. The van der Waals surface area contributed by atoms with E-state index in [9.17, 15) is 4.79 Å². The highest BCUT2D eigenvalue weighted by Gasteiger charge is 2.64. The fourth-order valence-corrected chi connectivity index (χ4v) is 9.49. The highest BCUT2D eigenvalue weighted by Crippen LogP contribution is 2.64. The minimum atomic E-state index is -5.32. The van der Waals surface area contributed by atoms with Gasteiger partial charge in [0.2, 0.25) is 0 Å². The third-order valence-electron chi connectivity index (χ3n) is 12.8. The van der Waals surface area contributed by atoms with Gasteiger partial charge in [-0.05, 0) is 89.7 Å². The number of hydrogen-bond donors (Lipinski definition) is 0. The summed E-state index contributed by atoms with van der Waals surface area (Å²) in [5.41, 5.74) is -2.93. The van der Waals surface area contributed by atoms with Gasteiger partial charge in [-0.2, -0.15) is 13.2 Å². The molecule has 0 spiro atoms. The highest BCUT2D eigenvalue weighted by molar-refractivity contribution is 6.10. The second kappa shape index (κ2) is 16.5. The van der Waals surface area contributed by atoms with Crippen molar-refractivity contribution in [3.63, 3.8) is 0 Å². The molecule has 330 valence electrons. The Kier molecular flexibility index (Phi) is 11.0. The van der Waals surface area contributed by atoms with Gasteiger partial charge in [0, 0.05) is 65.1 Å². The lowest BCUT2D eigenvalue weighted by molar-refractivity contribution is -0.217. The Bertz CT molecular complexity index is 2700. The lowest BCUT2D eigenvalue weighted by atomic mass is 9.80. The van der Waals surface area contributed by atoms with E-state index in [4.69, 9.17) is 23.7 Å². The number of nitrogens with zero attached hydrogens (tertiary/aromatic N) is 2. The van der Waals surface area contributed by atoms with E-state index < -0.39 is 28.6 Å². The van der Waals surface area contributed by atoms with Crippen molar-refractivity contribution in [1.29, 1.82) is 0 Å². The molecule has 1 aliphatic carbocycles. The van der Waals surface area contributed by atoms with Crippen molar-refractivity contribution in [2.75, 3.05) is 57.3 Å². The fraction of sp³-hybridized carbons (Fsp3) is 0.288. The van der Waals surface area contributed by atoms with Crippen LogP contribution in [0.3, 0.4) is 0 Å². The number of halogens is 4. The molecule has 0 amide bonds.